The molecule has 2 bridgehead atoms. The summed E-state index contributed by atoms with van der Waals surface area (Å²) in [6.07, 6.45) is 9.11. The SMILES string of the molecule is Cc1ccc2c(c1)[C@@H](C)Oc1cc(cnc1N)-c1c(CC3CC3)cnn1Cc1cccnc1-2. The number of hydrogen-bond donors (Lipinski definition) is 1. The first kappa shape index (κ1) is 20.0. The third-order valence-electron chi connectivity index (χ3n) is 6.69. The van der Waals surface area contributed by atoms with Crippen molar-refractivity contribution < 1.29 is 4.74 Å². The molecule has 1 aliphatic heterocycles. The zero-order valence-electron chi connectivity index (χ0n) is 19.0. The number of aromatic nitrogens is 4. The minimum atomic E-state index is -0.218. The van der Waals surface area contributed by atoms with Gasteiger partial charge in [-0.1, -0.05) is 29.8 Å². The highest BCUT2D eigenvalue weighted by atomic mass is 16.5. The number of fused-ring (bicyclic) bond motifs is 7. The standard InChI is InChI=1S/C27H27N5O/c1-16-5-8-22-23(10-16)17(2)33-24-12-21(13-30-27(24)28)26-20(11-18-6-7-18)14-31-32(26)15-19-4-3-9-29-25(19)22/h3-5,8-10,12-14,17-18H,6-7,11,15H2,1-2H3,(H2,28,30)/t17-/m1/s1. The Kier molecular flexibility index (Phi) is 4.68. The molecule has 0 saturated heterocycles. The summed E-state index contributed by atoms with van der Waals surface area (Å²) in [6, 6.07) is 12.6. The van der Waals surface area contributed by atoms with Crippen LogP contribution in [0.1, 0.15) is 48.1 Å². The molecule has 4 aromatic rings. The summed E-state index contributed by atoms with van der Waals surface area (Å²) in [5, 5.41) is 4.81. The Bertz CT molecular complexity index is 1350. The molecule has 33 heavy (non-hydrogen) atoms. The second kappa shape index (κ2) is 7.73. The number of pyridine rings is 2. The van der Waals surface area contributed by atoms with Crippen LogP contribution in [-0.2, 0) is 13.0 Å². The molecule has 0 radical (unpaired) electrons. The van der Waals surface area contributed by atoms with E-state index in [2.05, 4.69) is 47.8 Å². The fourth-order valence-electron chi connectivity index (χ4n) is 4.80. The fraction of sp³-hybridized carbons (Fsp3) is 0.296. The van der Waals surface area contributed by atoms with Gasteiger partial charge in [0, 0.05) is 29.1 Å². The summed E-state index contributed by atoms with van der Waals surface area (Å²) < 4.78 is 8.51. The summed E-state index contributed by atoms with van der Waals surface area (Å²) in [5.41, 5.74) is 15.0. The maximum atomic E-state index is 6.43. The predicted octanol–water partition coefficient (Wildman–Crippen LogP) is 5.35. The highest BCUT2D eigenvalue weighted by Crippen LogP contribution is 2.39. The molecule has 6 nitrogen and oxygen atoms in total. The zero-order chi connectivity index (χ0) is 22.5. The van der Waals surface area contributed by atoms with Crippen molar-refractivity contribution in [1.29, 1.82) is 0 Å². The number of aryl methyl sites for hydroxylation is 1. The first-order valence-electron chi connectivity index (χ1n) is 11.6. The molecule has 2 N–H and O–H groups in total. The van der Waals surface area contributed by atoms with Gasteiger partial charge in [-0.05, 0) is 62.3 Å². The molecule has 1 aliphatic carbocycles. The molecule has 2 aliphatic rings. The Hall–Kier alpha value is -3.67. The van der Waals surface area contributed by atoms with Crippen molar-refractivity contribution in [2.24, 2.45) is 5.92 Å². The number of anilines is 1. The summed E-state index contributed by atoms with van der Waals surface area (Å²) in [5.74, 6) is 1.74. The molecule has 4 heterocycles. The molecular formula is C27H27N5O. The van der Waals surface area contributed by atoms with E-state index in [9.17, 15) is 0 Å². The largest absolute Gasteiger partial charge is 0.482 e. The smallest absolute Gasteiger partial charge is 0.166 e. The molecule has 1 aromatic carbocycles. The number of nitrogen functional groups attached to an aromatic ring is 1. The van der Waals surface area contributed by atoms with Gasteiger partial charge in [-0.25, -0.2) is 4.98 Å². The van der Waals surface area contributed by atoms with Gasteiger partial charge in [-0.3, -0.25) is 9.67 Å². The van der Waals surface area contributed by atoms with Crippen molar-refractivity contribution in [2.75, 3.05) is 5.73 Å². The number of benzene rings is 1. The van der Waals surface area contributed by atoms with Crippen LogP contribution >= 0.6 is 0 Å². The van der Waals surface area contributed by atoms with Crippen molar-refractivity contribution in [3.8, 4) is 28.3 Å². The number of rotatable bonds is 2. The Morgan fingerprint density at radius 2 is 2.00 bits per heavy atom. The molecule has 1 saturated carbocycles. The van der Waals surface area contributed by atoms with Gasteiger partial charge in [0.15, 0.2) is 11.6 Å². The molecular weight excluding hydrogens is 410 g/mol. The molecule has 0 spiro atoms. The lowest BCUT2D eigenvalue weighted by Crippen LogP contribution is -2.12. The molecule has 0 amide bonds. The second-order valence-corrected chi connectivity index (χ2v) is 9.29. The van der Waals surface area contributed by atoms with E-state index in [1.54, 1.807) is 0 Å². The van der Waals surface area contributed by atoms with Gasteiger partial charge in [0.25, 0.3) is 0 Å². The monoisotopic (exact) mass is 437 g/mol. The van der Waals surface area contributed by atoms with Gasteiger partial charge in [-0.15, -0.1) is 0 Å². The number of hydrogen-bond acceptors (Lipinski definition) is 5. The number of nitrogens with two attached hydrogens (primary N) is 1. The maximum absolute atomic E-state index is 6.43. The molecule has 3 aromatic heterocycles. The normalized spacial score (nSPS) is 17.1. The first-order valence-corrected chi connectivity index (χ1v) is 11.6. The lowest BCUT2D eigenvalue weighted by atomic mass is 9.95. The van der Waals surface area contributed by atoms with Crippen LogP contribution < -0.4 is 10.5 Å². The molecule has 0 unspecified atom stereocenters. The van der Waals surface area contributed by atoms with Gasteiger partial charge >= 0.3 is 0 Å². The third kappa shape index (κ3) is 3.65. The molecule has 1 fully saturated rings. The van der Waals surface area contributed by atoms with E-state index in [0.29, 0.717) is 18.1 Å². The van der Waals surface area contributed by atoms with Crippen molar-refractivity contribution >= 4 is 5.82 Å². The quantitative estimate of drug-likeness (QED) is 0.457. The lowest BCUT2D eigenvalue weighted by molar-refractivity contribution is 0.228. The van der Waals surface area contributed by atoms with Gasteiger partial charge in [0.1, 0.15) is 6.10 Å². The molecule has 1 atom stereocenters. The fourth-order valence-corrected chi connectivity index (χ4v) is 4.80. The third-order valence-corrected chi connectivity index (χ3v) is 6.69. The number of ether oxygens (including phenoxy) is 1. The summed E-state index contributed by atoms with van der Waals surface area (Å²) in [7, 11) is 0. The van der Waals surface area contributed by atoms with Crippen LogP contribution in [-0.4, -0.2) is 19.7 Å². The Morgan fingerprint density at radius 3 is 2.85 bits per heavy atom. The molecule has 6 rings (SSSR count). The van der Waals surface area contributed by atoms with Crippen molar-refractivity contribution in [2.45, 2.75) is 45.8 Å². The van der Waals surface area contributed by atoms with Crippen molar-refractivity contribution in [3.05, 3.63) is 77.2 Å². The van der Waals surface area contributed by atoms with Crippen LogP contribution in [0.25, 0.3) is 22.5 Å². The highest BCUT2D eigenvalue weighted by molar-refractivity contribution is 5.70. The average Bonchev–Trinajstić information content (AvgIpc) is 3.54. The lowest BCUT2D eigenvalue weighted by Gasteiger charge is -2.22. The van der Waals surface area contributed by atoms with Crippen LogP contribution in [0.15, 0.2) is 55.0 Å². The average molecular weight is 438 g/mol. The Balaban J connectivity index is 1.60. The minimum Gasteiger partial charge on any atom is -0.482 e. The van der Waals surface area contributed by atoms with Gasteiger partial charge < -0.3 is 10.5 Å². The van der Waals surface area contributed by atoms with E-state index in [1.807, 2.05) is 30.7 Å². The Morgan fingerprint density at radius 1 is 1.12 bits per heavy atom. The first-order chi connectivity index (χ1) is 16.1. The van der Waals surface area contributed by atoms with Crippen LogP contribution in [0.3, 0.4) is 0 Å². The Labute approximate surface area is 193 Å². The number of nitrogens with zero attached hydrogens (tertiary/aromatic N) is 4. The van der Waals surface area contributed by atoms with E-state index in [0.717, 1.165) is 46.0 Å². The van der Waals surface area contributed by atoms with Gasteiger partial charge in [0.05, 0.1) is 24.1 Å². The van der Waals surface area contributed by atoms with E-state index < -0.39 is 0 Å². The van der Waals surface area contributed by atoms with Crippen LogP contribution in [0.2, 0.25) is 0 Å². The van der Waals surface area contributed by atoms with Gasteiger partial charge in [0.2, 0.25) is 0 Å². The van der Waals surface area contributed by atoms with Gasteiger partial charge in [-0.2, -0.15) is 5.10 Å². The van der Waals surface area contributed by atoms with Crippen LogP contribution in [0.5, 0.6) is 5.75 Å². The molecule has 166 valence electrons. The van der Waals surface area contributed by atoms with E-state index in [-0.39, 0.29) is 6.10 Å². The van der Waals surface area contributed by atoms with Crippen LogP contribution in [0.4, 0.5) is 5.82 Å². The van der Waals surface area contributed by atoms with Crippen LogP contribution in [0, 0.1) is 12.8 Å². The highest BCUT2D eigenvalue weighted by Gasteiger charge is 2.27. The summed E-state index contributed by atoms with van der Waals surface area (Å²) >= 11 is 0. The van der Waals surface area contributed by atoms with E-state index in [4.69, 9.17) is 20.6 Å². The van der Waals surface area contributed by atoms with Crippen molar-refractivity contribution in [1.82, 2.24) is 19.7 Å². The van der Waals surface area contributed by atoms with E-state index in [1.165, 1.54) is 24.0 Å². The zero-order valence-corrected chi connectivity index (χ0v) is 19.0. The predicted molar refractivity (Wildman–Crippen MR) is 129 cm³/mol. The summed E-state index contributed by atoms with van der Waals surface area (Å²) in [4.78, 5) is 9.30. The topological polar surface area (TPSA) is 78.9 Å². The minimum absolute atomic E-state index is 0.218. The summed E-state index contributed by atoms with van der Waals surface area (Å²) in [6.45, 7) is 4.78. The molecule has 6 heteroatoms. The van der Waals surface area contributed by atoms with E-state index >= 15 is 0 Å². The van der Waals surface area contributed by atoms with Crippen molar-refractivity contribution in [3.63, 3.8) is 0 Å². The second-order valence-electron chi connectivity index (χ2n) is 9.29. The maximum Gasteiger partial charge on any atom is 0.166 e.